The fraction of sp³-hybridized carbons (Fsp3) is 0.467. The molecule has 110 valence electrons. The van der Waals surface area contributed by atoms with E-state index < -0.39 is 11.7 Å². The normalized spacial score (nSPS) is 11.1. The number of hydrogen-bond acceptors (Lipinski definition) is 4. The first-order valence-corrected chi connectivity index (χ1v) is 6.63. The van der Waals surface area contributed by atoms with Gasteiger partial charge in [0.25, 0.3) is 0 Å². The molecule has 0 aliphatic carbocycles. The maximum atomic E-state index is 11.6. The van der Waals surface area contributed by atoms with Crippen LogP contribution in [0.15, 0.2) is 24.3 Å². The number of ether oxygens (including phenoxy) is 1. The Hall–Kier alpha value is -2.04. The Kier molecular flexibility index (Phi) is 5.13. The van der Waals surface area contributed by atoms with Crippen LogP contribution < -0.4 is 10.6 Å². The van der Waals surface area contributed by atoms with Gasteiger partial charge < -0.3 is 10.1 Å². The highest BCUT2D eigenvalue weighted by Crippen LogP contribution is 2.11. The van der Waals surface area contributed by atoms with Crippen molar-refractivity contribution in [3.05, 3.63) is 29.8 Å². The van der Waals surface area contributed by atoms with Crippen molar-refractivity contribution in [1.82, 2.24) is 5.32 Å². The lowest BCUT2D eigenvalue weighted by atomic mass is 10.2. The van der Waals surface area contributed by atoms with E-state index in [2.05, 4.69) is 24.5 Å². The molecule has 0 radical (unpaired) electrons. The Morgan fingerprint density at radius 1 is 1.20 bits per heavy atom. The molecule has 20 heavy (non-hydrogen) atoms. The standard InChI is InChI=1S/C15H23N3O2/c1-10(2)17-12-8-6-11(7-9-12)13(16)18-14(19)20-15(3,4)5/h6-10,17H,1-5H3,(H2,16,18,19). The number of anilines is 1. The highest BCUT2D eigenvalue weighted by atomic mass is 16.6. The molecule has 1 amide bonds. The summed E-state index contributed by atoms with van der Waals surface area (Å²) in [6.07, 6.45) is -0.619. The van der Waals surface area contributed by atoms with Gasteiger partial charge in [0.05, 0.1) is 0 Å². The van der Waals surface area contributed by atoms with Crippen LogP contribution in [0.25, 0.3) is 0 Å². The van der Waals surface area contributed by atoms with Gasteiger partial charge in [0.1, 0.15) is 11.4 Å². The van der Waals surface area contributed by atoms with E-state index in [1.807, 2.05) is 12.1 Å². The lowest BCUT2D eigenvalue weighted by Gasteiger charge is -2.19. The van der Waals surface area contributed by atoms with Crippen molar-refractivity contribution in [3.63, 3.8) is 0 Å². The minimum Gasteiger partial charge on any atom is -0.444 e. The summed E-state index contributed by atoms with van der Waals surface area (Å²) in [5.41, 5.74) is 1.04. The average Bonchev–Trinajstić information content (AvgIpc) is 2.26. The Bertz CT molecular complexity index is 473. The predicted molar refractivity (Wildman–Crippen MR) is 81.4 cm³/mol. The van der Waals surface area contributed by atoms with Gasteiger partial charge in [0.15, 0.2) is 0 Å². The number of carbonyl (C=O) groups excluding carboxylic acids is 1. The van der Waals surface area contributed by atoms with Crippen LogP contribution in [0.1, 0.15) is 40.2 Å². The van der Waals surface area contributed by atoms with Crippen LogP contribution in [0.5, 0.6) is 0 Å². The second-order valence-corrected chi connectivity index (χ2v) is 5.88. The SMILES string of the molecule is CC(C)Nc1ccc(C(=N)NC(=O)OC(C)(C)C)cc1. The van der Waals surface area contributed by atoms with E-state index in [4.69, 9.17) is 10.1 Å². The first kappa shape index (κ1) is 16.0. The van der Waals surface area contributed by atoms with Crippen molar-refractivity contribution < 1.29 is 9.53 Å². The average molecular weight is 277 g/mol. The van der Waals surface area contributed by atoms with E-state index in [9.17, 15) is 4.79 Å². The first-order chi connectivity index (χ1) is 9.17. The fourth-order valence-electron chi connectivity index (χ4n) is 1.54. The maximum absolute atomic E-state index is 11.6. The quantitative estimate of drug-likeness (QED) is 0.586. The maximum Gasteiger partial charge on any atom is 0.413 e. The van der Waals surface area contributed by atoms with Crippen molar-refractivity contribution in [3.8, 4) is 0 Å². The molecule has 0 saturated heterocycles. The van der Waals surface area contributed by atoms with Crippen LogP contribution in [0, 0.1) is 5.41 Å². The van der Waals surface area contributed by atoms with Gasteiger partial charge in [-0.05, 0) is 58.9 Å². The van der Waals surface area contributed by atoms with Gasteiger partial charge in [-0.15, -0.1) is 0 Å². The third-order valence-electron chi connectivity index (χ3n) is 2.25. The number of carbonyl (C=O) groups is 1. The third kappa shape index (κ3) is 5.73. The van der Waals surface area contributed by atoms with Crippen molar-refractivity contribution in [2.24, 2.45) is 0 Å². The monoisotopic (exact) mass is 277 g/mol. The molecular weight excluding hydrogens is 254 g/mol. The topological polar surface area (TPSA) is 74.2 Å². The molecule has 0 fully saturated rings. The van der Waals surface area contributed by atoms with Crippen molar-refractivity contribution in [2.45, 2.75) is 46.3 Å². The molecule has 5 heteroatoms. The molecule has 5 nitrogen and oxygen atoms in total. The molecule has 0 atom stereocenters. The van der Waals surface area contributed by atoms with E-state index in [1.165, 1.54) is 0 Å². The third-order valence-corrected chi connectivity index (χ3v) is 2.25. The first-order valence-electron chi connectivity index (χ1n) is 6.63. The molecule has 1 aromatic rings. The van der Waals surface area contributed by atoms with Gasteiger partial charge >= 0.3 is 6.09 Å². The van der Waals surface area contributed by atoms with E-state index in [-0.39, 0.29) is 5.84 Å². The highest BCUT2D eigenvalue weighted by molar-refractivity contribution is 6.04. The molecule has 0 heterocycles. The number of hydrogen-bond donors (Lipinski definition) is 3. The van der Waals surface area contributed by atoms with Crippen LogP contribution in [-0.4, -0.2) is 23.6 Å². The Labute approximate surface area is 120 Å². The number of nitrogens with one attached hydrogen (secondary N) is 3. The molecule has 1 aromatic carbocycles. The molecule has 1 rings (SSSR count). The number of alkyl carbamates (subject to hydrolysis) is 1. The number of rotatable bonds is 3. The highest BCUT2D eigenvalue weighted by Gasteiger charge is 2.17. The molecular formula is C15H23N3O2. The van der Waals surface area contributed by atoms with E-state index >= 15 is 0 Å². The summed E-state index contributed by atoms with van der Waals surface area (Å²) in [4.78, 5) is 11.6. The van der Waals surface area contributed by atoms with Crippen LogP contribution in [0.3, 0.4) is 0 Å². The van der Waals surface area contributed by atoms with Gasteiger partial charge in [0.2, 0.25) is 0 Å². The minimum atomic E-state index is -0.619. The number of amides is 1. The molecule has 0 aromatic heterocycles. The van der Waals surface area contributed by atoms with E-state index in [1.54, 1.807) is 32.9 Å². The summed E-state index contributed by atoms with van der Waals surface area (Å²) in [6.45, 7) is 9.45. The van der Waals surface area contributed by atoms with Crippen LogP contribution in [0.4, 0.5) is 10.5 Å². The van der Waals surface area contributed by atoms with Gasteiger partial charge in [-0.25, -0.2) is 4.79 Å². The Morgan fingerprint density at radius 3 is 2.20 bits per heavy atom. The summed E-state index contributed by atoms with van der Waals surface area (Å²) >= 11 is 0. The summed E-state index contributed by atoms with van der Waals surface area (Å²) in [5, 5.41) is 13.5. The van der Waals surface area contributed by atoms with Crippen molar-refractivity contribution >= 4 is 17.6 Å². The van der Waals surface area contributed by atoms with Gasteiger partial charge in [-0.3, -0.25) is 10.7 Å². The van der Waals surface area contributed by atoms with Gasteiger partial charge in [-0.1, -0.05) is 0 Å². The lowest BCUT2D eigenvalue weighted by Crippen LogP contribution is -2.36. The number of benzene rings is 1. The van der Waals surface area contributed by atoms with Crippen LogP contribution in [-0.2, 0) is 4.74 Å². The van der Waals surface area contributed by atoms with E-state index in [0.717, 1.165) is 5.69 Å². The zero-order valence-corrected chi connectivity index (χ0v) is 12.7. The largest absolute Gasteiger partial charge is 0.444 e. The van der Waals surface area contributed by atoms with Crippen LogP contribution in [0.2, 0.25) is 0 Å². The summed E-state index contributed by atoms with van der Waals surface area (Å²) in [6, 6.07) is 7.66. The lowest BCUT2D eigenvalue weighted by molar-refractivity contribution is 0.0563. The fourth-order valence-corrected chi connectivity index (χ4v) is 1.54. The summed E-state index contributed by atoms with van der Waals surface area (Å²) in [5.74, 6) is 0.0235. The summed E-state index contributed by atoms with van der Waals surface area (Å²) < 4.78 is 5.10. The second-order valence-electron chi connectivity index (χ2n) is 5.88. The van der Waals surface area contributed by atoms with Gasteiger partial charge in [-0.2, -0.15) is 0 Å². The van der Waals surface area contributed by atoms with E-state index in [0.29, 0.717) is 11.6 Å². The molecule has 0 spiro atoms. The van der Waals surface area contributed by atoms with Crippen LogP contribution >= 0.6 is 0 Å². The Morgan fingerprint density at radius 2 is 1.75 bits per heavy atom. The minimum absolute atomic E-state index is 0.0235. The molecule has 3 N–H and O–H groups in total. The molecule has 0 saturated carbocycles. The zero-order valence-electron chi connectivity index (χ0n) is 12.7. The predicted octanol–water partition coefficient (Wildman–Crippen LogP) is 3.36. The smallest absolute Gasteiger partial charge is 0.413 e. The summed E-state index contributed by atoms with van der Waals surface area (Å²) in [7, 11) is 0. The molecule has 0 aliphatic rings. The number of amidine groups is 1. The van der Waals surface area contributed by atoms with Crippen molar-refractivity contribution in [2.75, 3.05) is 5.32 Å². The van der Waals surface area contributed by atoms with Gasteiger partial charge in [0, 0.05) is 17.3 Å². The zero-order chi connectivity index (χ0) is 15.3. The molecule has 0 bridgehead atoms. The Balaban J connectivity index is 2.62. The van der Waals surface area contributed by atoms with Crippen molar-refractivity contribution in [1.29, 1.82) is 5.41 Å². The molecule has 0 unspecified atom stereocenters. The second kappa shape index (κ2) is 6.41. The molecule has 0 aliphatic heterocycles.